The summed E-state index contributed by atoms with van der Waals surface area (Å²) in [6.45, 7) is 2.99. The molecule has 2 fully saturated rings. The van der Waals surface area contributed by atoms with E-state index in [0.717, 1.165) is 0 Å². The maximum Gasteiger partial charge on any atom is 0.187 e. The van der Waals surface area contributed by atoms with Gasteiger partial charge in [-0.1, -0.05) is 13.8 Å². The summed E-state index contributed by atoms with van der Waals surface area (Å²) in [7, 11) is 0. The van der Waals surface area contributed by atoms with Crippen LogP contribution in [0.5, 0.6) is 0 Å². The molecule has 0 bridgehead atoms. The zero-order valence-electron chi connectivity index (χ0n) is 7.56. The normalized spacial score (nSPS) is 58.6. The molecule has 2 aliphatic rings. The van der Waals surface area contributed by atoms with Gasteiger partial charge in [-0.2, -0.15) is 0 Å². The molecule has 0 aromatic heterocycles. The van der Waals surface area contributed by atoms with E-state index in [1.54, 1.807) is 13.8 Å². The summed E-state index contributed by atoms with van der Waals surface area (Å²) in [4.78, 5) is 0. The molecule has 0 unspecified atom stereocenters. The molecule has 13 heavy (non-hydrogen) atoms. The fraction of sp³-hybridized carbons (Fsp3) is 1.00. The second-order valence-electron chi connectivity index (χ2n) is 4.36. The molecule has 1 saturated heterocycles. The van der Waals surface area contributed by atoms with Crippen LogP contribution in [0.15, 0.2) is 0 Å². The van der Waals surface area contributed by atoms with Crippen LogP contribution < -0.4 is 0 Å². The molecule has 1 aliphatic heterocycles. The highest BCUT2D eigenvalue weighted by molar-refractivity contribution is 5.36. The quantitative estimate of drug-likeness (QED) is 0.362. The van der Waals surface area contributed by atoms with Gasteiger partial charge >= 0.3 is 0 Å². The Morgan fingerprint density at radius 1 is 1.15 bits per heavy atom. The van der Waals surface area contributed by atoms with Gasteiger partial charge < -0.3 is 25.2 Å². The molecule has 4 atom stereocenters. The third kappa shape index (κ3) is 0.649. The van der Waals surface area contributed by atoms with Crippen molar-refractivity contribution in [2.24, 2.45) is 5.41 Å². The minimum Gasteiger partial charge on any atom is -0.388 e. The molecule has 1 aliphatic carbocycles. The minimum atomic E-state index is -1.75. The van der Waals surface area contributed by atoms with Gasteiger partial charge in [0.25, 0.3) is 0 Å². The Morgan fingerprint density at radius 3 is 2.15 bits per heavy atom. The first kappa shape index (κ1) is 9.36. The average molecular weight is 190 g/mol. The first-order chi connectivity index (χ1) is 5.80. The summed E-state index contributed by atoms with van der Waals surface area (Å²) in [6.07, 6.45) is -2.59. The predicted octanol–water partition coefficient (Wildman–Crippen LogP) is -1.80. The monoisotopic (exact) mass is 190 g/mol. The predicted molar refractivity (Wildman–Crippen MR) is 41.6 cm³/mol. The Morgan fingerprint density at radius 2 is 1.69 bits per heavy atom. The van der Waals surface area contributed by atoms with Crippen molar-refractivity contribution in [3.05, 3.63) is 0 Å². The van der Waals surface area contributed by atoms with Gasteiger partial charge in [-0.05, 0) is 0 Å². The van der Waals surface area contributed by atoms with Crippen LogP contribution in [0, 0.1) is 5.41 Å². The van der Waals surface area contributed by atoms with Crippen molar-refractivity contribution < 1.29 is 25.2 Å². The van der Waals surface area contributed by atoms with Gasteiger partial charge in [-0.25, -0.2) is 0 Å². The summed E-state index contributed by atoms with van der Waals surface area (Å²) >= 11 is 0. The van der Waals surface area contributed by atoms with Crippen molar-refractivity contribution in [2.45, 2.75) is 37.4 Å². The van der Waals surface area contributed by atoms with Crippen molar-refractivity contribution in [2.75, 3.05) is 6.61 Å². The zero-order chi connectivity index (χ0) is 10.1. The van der Waals surface area contributed by atoms with Gasteiger partial charge in [0.15, 0.2) is 11.9 Å². The molecule has 2 rings (SSSR count). The SMILES string of the molecule is CC1(C)[C@]2(O)[C@@H](O)CO[C@@H](O)[C@]12O. The lowest BCUT2D eigenvalue weighted by atomic mass is 10.0. The second-order valence-corrected chi connectivity index (χ2v) is 4.36. The molecule has 5 nitrogen and oxygen atoms in total. The van der Waals surface area contributed by atoms with Crippen molar-refractivity contribution in [3.63, 3.8) is 0 Å². The first-order valence-electron chi connectivity index (χ1n) is 4.22. The van der Waals surface area contributed by atoms with Gasteiger partial charge in [-0.15, -0.1) is 0 Å². The van der Waals surface area contributed by atoms with Crippen LogP contribution in [0.3, 0.4) is 0 Å². The topological polar surface area (TPSA) is 90.2 Å². The molecule has 76 valence electrons. The number of rotatable bonds is 0. The van der Waals surface area contributed by atoms with Crippen LogP contribution in [0.2, 0.25) is 0 Å². The highest BCUT2D eigenvalue weighted by Gasteiger charge is 2.89. The third-order valence-electron chi connectivity index (χ3n) is 3.68. The maximum atomic E-state index is 9.93. The fourth-order valence-corrected chi connectivity index (χ4v) is 2.49. The summed E-state index contributed by atoms with van der Waals surface area (Å²) in [5.74, 6) is 0. The van der Waals surface area contributed by atoms with E-state index in [1.807, 2.05) is 0 Å². The number of fused-ring (bicyclic) bond motifs is 1. The lowest BCUT2D eigenvalue weighted by molar-refractivity contribution is -0.253. The van der Waals surface area contributed by atoms with E-state index in [9.17, 15) is 20.4 Å². The largest absolute Gasteiger partial charge is 0.388 e. The standard InChI is InChI=1S/C8H14O5/c1-6(2)7(11)4(9)3-13-5(10)8(6,7)12/h4-5,9-12H,3H2,1-2H3/t4-,5+,7+,8-/m0/s1. The van der Waals surface area contributed by atoms with Crippen LogP contribution in [0.25, 0.3) is 0 Å². The van der Waals surface area contributed by atoms with Crippen LogP contribution in [0.1, 0.15) is 13.8 Å². The Bertz CT molecular complexity index is 229. The number of hydrogen-bond donors (Lipinski definition) is 4. The van der Waals surface area contributed by atoms with E-state index in [-0.39, 0.29) is 6.61 Å². The van der Waals surface area contributed by atoms with Crippen LogP contribution in [-0.2, 0) is 4.74 Å². The molecule has 0 amide bonds. The molecule has 0 radical (unpaired) electrons. The van der Waals surface area contributed by atoms with Gasteiger partial charge in [-0.3, -0.25) is 0 Å². The lowest BCUT2D eigenvalue weighted by Crippen LogP contribution is -2.52. The Balaban J connectivity index is 2.42. The number of hydrogen-bond acceptors (Lipinski definition) is 5. The first-order valence-corrected chi connectivity index (χ1v) is 4.22. The number of aliphatic hydroxyl groups excluding tert-OH is 2. The Kier molecular flexibility index (Phi) is 1.49. The van der Waals surface area contributed by atoms with Crippen LogP contribution >= 0.6 is 0 Å². The molecular weight excluding hydrogens is 176 g/mol. The van der Waals surface area contributed by atoms with E-state index in [0.29, 0.717) is 0 Å². The molecule has 0 aromatic rings. The van der Waals surface area contributed by atoms with Crippen molar-refractivity contribution >= 4 is 0 Å². The number of aliphatic hydroxyl groups is 4. The van der Waals surface area contributed by atoms with E-state index < -0.39 is 29.0 Å². The van der Waals surface area contributed by atoms with Crippen molar-refractivity contribution in [1.29, 1.82) is 0 Å². The van der Waals surface area contributed by atoms with E-state index in [2.05, 4.69) is 0 Å². The fourth-order valence-electron chi connectivity index (χ4n) is 2.49. The summed E-state index contributed by atoms with van der Waals surface area (Å²) < 4.78 is 4.74. The smallest absolute Gasteiger partial charge is 0.187 e. The molecule has 5 heteroatoms. The van der Waals surface area contributed by atoms with Crippen LogP contribution in [-0.4, -0.2) is 50.6 Å². The van der Waals surface area contributed by atoms with E-state index in [4.69, 9.17) is 4.74 Å². The zero-order valence-corrected chi connectivity index (χ0v) is 7.56. The Labute approximate surface area is 75.6 Å². The highest BCUT2D eigenvalue weighted by Crippen LogP contribution is 2.69. The van der Waals surface area contributed by atoms with Crippen molar-refractivity contribution in [1.82, 2.24) is 0 Å². The minimum absolute atomic E-state index is 0.163. The average Bonchev–Trinajstić information content (AvgIpc) is 2.42. The number of ether oxygens (including phenoxy) is 1. The summed E-state index contributed by atoms with van der Waals surface area (Å²) in [5.41, 5.74) is -4.36. The molecule has 0 aromatic carbocycles. The van der Waals surface area contributed by atoms with E-state index >= 15 is 0 Å². The molecule has 1 heterocycles. The maximum absolute atomic E-state index is 9.93. The molecule has 1 saturated carbocycles. The van der Waals surface area contributed by atoms with Gasteiger partial charge in [0.05, 0.1) is 6.61 Å². The lowest BCUT2D eigenvalue weighted by Gasteiger charge is -2.31. The molecular formula is C8H14O5. The second kappa shape index (κ2) is 2.07. The van der Waals surface area contributed by atoms with Crippen LogP contribution in [0.4, 0.5) is 0 Å². The van der Waals surface area contributed by atoms with Crippen molar-refractivity contribution in [3.8, 4) is 0 Å². The van der Waals surface area contributed by atoms with E-state index in [1.165, 1.54) is 0 Å². The highest BCUT2D eigenvalue weighted by atomic mass is 16.6. The van der Waals surface area contributed by atoms with Gasteiger partial charge in [0.1, 0.15) is 11.7 Å². The molecule has 4 N–H and O–H groups in total. The third-order valence-corrected chi connectivity index (χ3v) is 3.68. The van der Waals surface area contributed by atoms with Gasteiger partial charge in [0, 0.05) is 5.41 Å². The summed E-state index contributed by atoms with van der Waals surface area (Å²) in [6, 6.07) is 0. The summed E-state index contributed by atoms with van der Waals surface area (Å²) in [5, 5.41) is 38.6. The molecule has 0 spiro atoms. The van der Waals surface area contributed by atoms with Gasteiger partial charge in [0.2, 0.25) is 0 Å². The Hall–Kier alpha value is -0.200.